The average molecular weight is 449 g/mol. The van der Waals surface area contributed by atoms with Gasteiger partial charge in [-0.2, -0.15) is 0 Å². The largest absolute Gasteiger partial charge is 0.395 e. The Morgan fingerprint density at radius 3 is 2.47 bits per heavy atom. The number of aliphatic hydroxyl groups is 1. The number of rotatable bonds is 7. The number of nitrogens with zero attached hydrogens (tertiary/aromatic N) is 1. The number of amides is 2. The Labute approximate surface area is 192 Å². The van der Waals surface area contributed by atoms with E-state index in [0.717, 1.165) is 30.4 Å². The molecule has 4 rings (SSSR count). The van der Waals surface area contributed by atoms with Crippen molar-refractivity contribution in [2.75, 3.05) is 18.5 Å². The standard InChI is InChI=1S/C26H28N2O3S/c1-18-12-13-21-22(16-18)32-25(27-24(30)20-10-6-3-7-11-20)23(21)26(31)28(14-15-29)17-19-8-4-2-5-9-19/h2-11,18,29H,12-17H2,1H3,(H,27,30). The number of hydrogen-bond acceptors (Lipinski definition) is 4. The van der Waals surface area contributed by atoms with Crippen molar-refractivity contribution >= 4 is 28.2 Å². The van der Waals surface area contributed by atoms with Gasteiger partial charge in [-0.25, -0.2) is 0 Å². The molecule has 1 heterocycles. The number of benzene rings is 2. The summed E-state index contributed by atoms with van der Waals surface area (Å²) >= 11 is 1.52. The summed E-state index contributed by atoms with van der Waals surface area (Å²) in [6.45, 7) is 2.75. The normalized spacial score (nSPS) is 15.1. The lowest BCUT2D eigenvalue weighted by atomic mass is 9.88. The molecule has 1 atom stereocenters. The minimum atomic E-state index is -0.219. The summed E-state index contributed by atoms with van der Waals surface area (Å²) in [6.07, 6.45) is 2.77. The van der Waals surface area contributed by atoms with Crippen molar-refractivity contribution in [1.29, 1.82) is 0 Å². The molecule has 5 nitrogen and oxygen atoms in total. The van der Waals surface area contributed by atoms with Crippen LogP contribution < -0.4 is 5.32 Å². The van der Waals surface area contributed by atoms with Gasteiger partial charge < -0.3 is 15.3 Å². The first kappa shape index (κ1) is 22.2. The molecule has 0 fully saturated rings. The van der Waals surface area contributed by atoms with Crippen molar-refractivity contribution in [1.82, 2.24) is 4.90 Å². The maximum Gasteiger partial charge on any atom is 0.257 e. The molecule has 0 saturated heterocycles. The van der Waals surface area contributed by atoms with E-state index >= 15 is 0 Å². The molecule has 2 aromatic carbocycles. The Bertz CT molecular complexity index is 1080. The summed E-state index contributed by atoms with van der Waals surface area (Å²) in [5.74, 6) is 0.195. The molecule has 1 aliphatic rings. The monoisotopic (exact) mass is 448 g/mol. The Hall–Kier alpha value is -2.96. The molecule has 2 amide bonds. The lowest BCUT2D eigenvalue weighted by Crippen LogP contribution is -2.34. The molecule has 1 unspecified atom stereocenters. The molecular weight excluding hydrogens is 420 g/mol. The predicted molar refractivity (Wildman–Crippen MR) is 128 cm³/mol. The summed E-state index contributed by atoms with van der Waals surface area (Å²) in [6, 6.07) is 18.8. The molecule has 1 aromatic heterocycles. The van der Waals surface area contributed by atoms with Crippen LogP contribution in [0.2, 0.25) is 0 Å². The highest BCUT2D eigenvalue weighted by Crippen LogP contribution is 2.40. The van der Waals surface area contributed by atoms with Gasteiger partial charge in [0.25, 0.3) is 11.8 Å². The number of carbonyl (C=O) groups excluding carboxylic acids is 2. The number of thiophene rings is 1. The van der Waals surface area contributed by atoms with Gasteiger partial charge in [0.1, 0.15) is 5.00 Å². The van der Waals surface area contributed by atoms with Crippen LogP contribution in [-0.4, -0.2) is 35.0 Å². The first-order chi connectivity index (χ1) is 15.6. The van der Waals surface area contributed by atoms with Crippen LogP contribution in [0, 0.1) is 5.92 Å². The fourth-order valence-corrected chi connectivity index (χ4v) is 5.56. The molecule has 32 heavy (non-hydrogen) atoms. The first-order valence-electron chi connectivity index (χ1n) is 11.0. The third kappa shape index (κ3) is 4.92. The quantitative estimate of drug-likeness (QED) is 0.548. The third-order valence-corrected chi connectivity index (χ3v) is 7.03. The second-order valence-electron chi connectivity index (χ2n) is 8.31. The molecule has 2 N–H and O–H groups in total. The van der Waals surface area contributed by atoms with Crippen molar-refractivity contribution in [2.24, 2.45) is 5.92 Å². The minimum Gasteiger partial charge on any atom is -0.395 e. The van der Waals surface area contributed by atoms with Crippen LogP contribution >= 0.6 is 11.3 Å². The minimum absolute atomic E-state index is 0.117. The highest BCUT2D eigenvalue weighted by Gasteiger charge is 2.31. The van der Waals surface area contributed by atoms with E-state index in [0.29, 0.717) is 28.6 Å². The summed E-state index contributed by atoms with van der Waals surface area (Å²) in [4.78, 5) is 29.5. The second kappa shape index (κ2) is 10.1. The molecule has 0 saturated carbocycles. The SMILES string of the molecule is CC1CCc2c(sc(NC(=O)c3ccccc3)c2C(=O)N(CCO)Cc2ccccc2)C1. The number of nitrogens with one attached hydrogen (secondary N) is 1. The summed E-state index contributed by atoms with van der Waals surface area (Å²) < 4.78 is 0. The zero-order valence-corrected chi connectivity index (χ0v) is 19.0. The number of aliphatic hydroxyl groups excluding tert-OH is 1. The van der Waals surface area contributed by atoms with Crippen molar-refractivity contribution < 1.29 is 14.7 Å². The van der Waals surface area contributed by atoms with Crippen LogP contribution in [0.3, 0.4) is 0 Å². The number of hydrogen-bond donors (Lipinski definition) is 2. The first-order valence-corrected chi connectivity index (χ1v) is 11.8. The van der Waals surface area contributed by atoms with E-state index in [9.17, 15) is 14.7 Å². The van der Waals surface area contributed by atoms with E-state index in [4.69, 9.17) is 0 Å². The Morgan fingerprint density at radius 1 is 1.09 bits per heavy atom. The van der Waals surface area contributed by atoms with Gasteiger partial charge >= 0.3 is 0 Å². The fourth-order valence-electron chi connectivity index (χ4n) is 4.16. The topological polar surface area (TPSA) is 69.6 Å². The lowest BCUT2D eigenvalue weighted by Gasteiger charge is -2.24. The van der Waals surface area contributed by atoms with Crippen LogP contribution in [0.5, 0.6) is 0 Å². The average Bonchev–Trinajstić information content (AvgIpc) is 3.16. The Morgan fingerprint density at radius 2 is 1.78 bits per heavy atom. The molecule has 0 spiro atoms. The Balaban J connectivity index is 1.68. The van der Waals surface area contributed by atoms with Crippen LogP contribution in [0.1, 0.15) is 50.1 Å². The summed E-state index contributed by atoms with van der Waals surface area (Å²) in [5, 5.41) is 13.3. The molecular formula is C26H28N2O3S. The second-order valence-corrected chi connectivity index (χ2v) is 9.42. The van der Waals surface area contributed by atoms with Gasteiger partial charge in [0, 0.05) is 23.5 Å². The van der Waals surface area contributed by atoms with Gasteiger partial charge in [0.2, 0.25) is 0 Å². The van der Waals surface area contributed by atoms with Crippen LogP contribution in [0.4, 0.5) is 5.00 Å². The van der Waals surface area contributed by atoms with E-state index in [1.54, 1.807) is 17.0 Å². The smallest absolute Gasteiger partial charge is 0.257 e. The van der Waals surface area contributed by atoms with Gasteiger partial charge in [-0.05, 0) is 48.4 Å². The van der Waals surface area contributed by atoms with Gasteiger partial charge in [-0.15, -0.1) is 11.3 Å². The van der Waals surface area contributed by atoms with Crippen LogP contribution in [-0.2, 0) is 19.4 Å². The lowest BCUT2D eigenvalue weighted by molar-refractivity contribution is 0.0708. The Kier molecular flexibility index (Phi) is 7.02. The van der Waals surface area contributed by atoms with E-state index in [1.165, 1.54) is 16.2 Å². The zero-order chi connectivity index (χ0) is 22.5. The van der Waals surface area contributed by atoms with Crippen molar-refractivity contribution in [3.05, 3.63) is 87.8 Å². The van der Waals surface area contributed by atoms with E-state index in [2.05, 4.69) is 12.2 Å². The van der Waals surface area contributed by atoms with E-state index in [-0.39, 0.29) is 25.0 Å². The number of anilines is 1. The predicted octanol–water partition coefficient (Wildman–Crippen LogP) is 4.76. The van der Waals surface area contributed by atoms with Gasteiger partial charge in [-0.3, -0.25) is 9.59 Å². The third-order valence-electron chi connectivity index (χ3n) is 5.86. The van der Waals surface area contributed by atoms with E-state index in [1.807, 2.05) is 48.5 Å². The highest BCUT2D eigenvalue weighted by atomic mass is 32.1. The van der Waals surface area contributed by atoms with Crippen molar-refractivity contribution in [3.8, 4) is 0 Å². The number of carbonyl (C=O) groups is 2. The van der Waals surface area contributed by atoms with Gasteiger partial charge in [-0.1, -0.05) is 55.5 Å². The highest BCUT2D eigenvalue weighted by molar-refractivity contribution is 7.17. The van der Waals surface area contributed by atoms with Crippen molar-refractivity contribution in [3.63, 3.8) is 0 Å². The molecule has 0 aliphatic heterocycles. The number of fused-ring (bicyclic) bond motifs is 1. The van der Waals surface area contributed by atoms with Crippen LogP contribution in [0.15, 0.2) is 60.7 Å². The summed E-state index contributed by atoms with van der Waals surface area (Å²) in [5.41, 5.74) is 3.20. The van der Waals surface area contributed by atoms with Crippen LogP contribution in [0.25, 0.3) is 0 Å². The zero-order valence-electron chi connectivity index (χ0n) is 18.2. The maximum absolute atomic E-state index is 13.8. The van der Waals surface area contributed by atoms with E-state index < -0.39 is 0 Å². The molecule has 3 aromatic rings. The molecule has 166 valence electrons. The fraction of sp³-hybridized carbons (Fsp3) is 0.308. The van der Waals surface area contributed by atoms with Gasteiger partial charge in [0.15, 0.2) is 0 Å². The molecule has 6 heteroatoms. The van der Waals surface area contributed by atoms with Crippen molar-refractivity contribution in [2.45, 2.75) is 32.7 Å². The molecule has 1 aliphatic carbocycles. The molecule has 0 bridgehead atoms. The summed E-state index contributed by atoms with van der Waals surface area (Å²) in [7, 11) is 0. The maximum atomic E-state index is 13.8. The molecule has 0 radical (unpaired) electrons. The van der Waals surface area contributed by atoms with Gasteiger partial charge in [0.05, 0.1) is 12.2 Å².